The van der Waals surface area contributed by atoms with Gasteiger partial charge in [-0.15, -0.1) is 10.2 Å². The van der Waals surface area contributed by atoms with Crippen molar-refractivity contribution in [2.45, 2.75) is 13.5 Å². The fourth-order valence-corrected chi connectivity index (χ4v) is 2.28. The van der Waals surface area contributed by atoms with Gasteiger partial charge in [0.15, 0.2) is 11.5 Å². The minimum atomic E-state index is -0.300. The SMILES string of the molecule is CC(=O)Nc1ccc(Nc2ccc(C(=O)NCc3ccncc3)nn2)cc1. The van der Waals surface area contributed by atoms with E-state index in [1.54, 1.807) is 36.7 Å². The van der Waals surface area contributed by atoms with E-state index in [9.17, 15) is 9.59 Å². The molecule has 8 nitrogen and oxygen atoms in total. The first-order valence-electron chi connectivity index (χ1n) is 8.26. The zero-order valence-electron chi connectivity index (χ0n) is 14.6. The van der Waals surface area contributed by atoms with Crippen LogP contribution in [0.4, 0.5) is 17.2 Å². The second-order valence-electron chi connectivity index (χ2n) is 5.73. The largest absolute Gasteiger partial charge is 0.347 e. The lowest BCUT2D eigenvalue weighted by molar-refractivity contribution is -0.114. The highest BCUT2D eigenvalue weighted by Crippen LogP contribution is 2.17. The van der Waals surface area contributed by atoms with Crippen LogP contribution < -0.4 is 16.0 Å². The van der Waals surface area contributed by atoms with Gasteiger partial charge >= 0.3 is 0 Å². The van der Waals surface area contributed by atoms with Gasteiger partial charge in [-0.25, -0.2) is 0 Å². The molecular formula is C19H18N6O2. The average molecular weight is 362 g/mol. The molecule has 27 heavy (non-hydrogen) atoms. The second-order valence-corrected chi connectivity index (χ2v) is 5.73. The molecule has 0 saturated heterocycles. The van der Waals surface area contributed by atoms with Crippen LogP contribution in [0.15, 0.2) is 60.9 Å². The first-order valence-corrected chi connectivity index (χ1v) is 8.26. The van der Waals surface area contributed by atoms with Gasteiger partial charge in [0, 0.05) is 37.2 Å². The number of aromatic nitrogens is 3. The number of benzene rings is 1. The lowest BCUT2D eigenvalue weighted by Gasteiger charge is -2.08. The van der Waals surface area contributed by atoms with Crippen LogP contribution in [0.2, 0.25) is 0 Å². The van der Waals surface area contributed by atoms with Gasteiger partial charge in [0.2, 0.25) is 5.91 Å². The van der Waals surface area contributed by atoms with Gasteiger partial charge < -0.3 is 16.0 Å². The van der Waals surface area contributed by atoms with Crippen molar-refractivity contribution in [2.75, 3.05) is 10.6 Å². The molecule has 0 bridgehead atoms. The van der Waals surface area contributed by atoms with Gasteiger partial charge in [0.25, 0.3) is 5.91 Å². The fourth-order valence-electron chi connectivity index (χ4n) is 2.28. The Morgan fingerprint density at radius 1 is 0.889 bits per heavy atom. The van der Waals surface area contributed by atoms with E-state index < -0.39 is 0 Å². The summed E-state index contributed by atoms with van der Waals surface area (Å²) in [6.07, 6.45) is 3.34. The smallest absolute Gasteiger partial charge is 0.272 e. The minimum Gasteiger partial charge on any atom is -0.347 e. The number of carbonyl (C=O) groups is 2. The van der Waals surface area contributed by atoms with Crippen LogP contribution in [0.25, 0.3) is 0 Å². The number of nitrogens with one attached hydrogen (secondary N) is 3. The Balaban J connectivity index is 1.56. The summed E-state index contributed by atoms with van der Waals surface area (Å²) in [4.78, 5) is 27.1. The van der Waals surface area contributed by atoms with Crippen molar-refractivity contribution < 1.29 is 9.59 Å². The summed E-state index contributed by atoms with van der Waals surface area (Å²) in [5.41, 5.74) is 2.68. The number of hydrogen-bond donors (Lipinski definition) is 3. The van der Waals surface area contributed by atoms with E-state index >= 15 is 0 Å². The molecule has 0 radical (unpaired) electrons. The Kier molecular flexibility index (Phi) is 5.68. The predicted molar refractivity (Wildman–Crippen MR) is 101 cm³/mol. The van der Waals surface area contributed by atoms with Crippen LogP contribution >= 0.6 is 0 Å². The maximum absolute atomic E-state index is 12.1. The van der Waals surface area contributed by atoms with Gasteiger partial charge in [0.05, 0.1) is 0 Å². The standard InChI is InChI=1S/C19H18N6O2/c1-13(26)22-15-2-4-16(5-3-15)23-18-7-6-17(24-25-18)19(27)21-12-14-8-10-20-11-9-14/h2-11H,12H2,1H3,(H,21,27)(H,22,26)(H,23,25). The van der Waals surface area contributed by atoms with Crippen molar-refractivity contribution in [3.63, 3.8) is 0 Å². The number of pyridine rings is 1. The normalized spacial score (nSPS) is 10.1. The molecule has 0 fully saturated rings. The molecule has 0 saturated carbocycles. The number of carbonyl (C=O) groups excluding carboxylic acids is 2. The molecule has 2 amide bonds. The summed E-state index contributed by atoms with van der Waals surface area (Å²) >= 11 is 0. The van der Waals surface area contributed by atoms with E-state index in [-0.39, 0.29) is 17.5 Å². The molecular weight excluding hydrogens is 344 g/mol. The number of hydrogen-bond acceptors (Lipinski definition) is 6. The van der Waals surface area contributed by atoms with Crippen LogP contribution in [-0.4, -0.2) is 27.0 Å². The van der Waals surface area contributed by atoms with Gasteiger partial charge in [-0.3, -0.25) is 14.6 Å². The number of anilines is 3. The van der Waals surface area contributed by atoms with Gasteiger partial charge in [-0.1, -0.05) is 0 Å². The minimum absolute atomic E-state index is 0.126. The molecule has 0 atom stereocenters. The monoisotopic (exact) mass is 362 g/mol. The van der Waals surface area contributed by atoms with E-state index in [0.29, 0.717) is 18.1 Å². The third-order valence-corrected chi connectivity index (χ3v) is 3.58. The van der Waals surface area contributed by atoms with Crippen LogP contribution in [0.5, 0.6) is 0 Å². The summed E-state index contributed by atoms with van der Waals surface area (Å²) in [5.74, 6) is 0.0813. The Morgan fingerprint density at radius 3 is 2.22 bits per heavy atom. The zero-order valence-corrected chi connectivity index (χ0v) is 14.6. The summed E-state index contributed by atoms with van der Waals surface area (Å²) in [7, 11) is 0. The van der Waals surface area contributed by atoms with Gasteiger partial charge in [-0.2, -0.15) is 0 Å². The van der Waals surface area contributed by atoms with Crippen molar-refractivity contribution in [2.24, 2.45) is 0 Å². The van der Waals surface area contributed by atoms with E-state index in [4.69, 9.17) is 0 Å². The first kappa shape index (κ1) is 18.0. The molecule has 136 valence electrons. The van der Waals surface area contributed by atoms with E-state index in [1.165, 1.54) is 6.92 Å². The fraction of sp³-hybridized carbons (Fsp3) is 0.105. The summed E-state index contributed by atoms with van der Waals surface area (Å²) in [6.45, 7) is 1.85. The zero-order chi connectivity index (χ0) is 19.1. The molecule has 0 aliphatic rings. The molecule has 2 heterocycles. The number of rotatable bonds is 6. The molecule has 0 unspecified atom stereocenters. The van der Waals surface area contributed by atoms with Crippen molar-refractivity contribution in [3.05, 3.63) is 72.2 Å². The van der Waals surface area contributed by atoms with E-state index in [0.717, 1.165) is 11.3 Å². The average Bonchev–Trinajstić information content (AvgIpc) is 2.69. The first-order chi connectivity index (χ1) is 13.1. The Labute approximate surface area is 156 Å². The summed E-state index contributed by atoms with van der Waals surface area (Å²) in [5, 5.41) is 16.5. The molecule has 1 aromatic carbocycles. The second kappa shape index (κ2) is 8.52. The van der Waals surface area contributed by atoms with Gasteiger partial charge in [0.1, 0.15) is 0 Å². The maximum atomic E-state index is 12.1. The molecule has 3 rings (SSSR count). The number of amides is 2. The molecule has 0 aliphatic carbocycles. The highest BCUT2D eigenvalue weighted by molar-refractivity contribution is 5.92. The number of nitrogens with zero attached hydrogens (tertiary/aromatic N) is 3. The van der Waals surface area contributed by atoms with E-state index in [1.807, 2.05) is 24.3 Å². The predicted octanol–water partition coefficient (Wildman–Crippen LogP) is 2.50. The molecule has 3 aromatic rings. The lowest BCUT2D eigenvalue weighted by atomic mass is 10.2. The molecule has 2 aromatic heterocycles. The Bertz CT molecular complexity index is 911. The Hall–Kier alpha value is -3.81. The topological polar surface area (TPSA) is 109 Å². The van der Waals surface area contributed by atoms with Gasteiger partial charge in [-0.05, 0) is 54.1 Å². The van der Waals surface area contributed by atoms with Crippen molar-refractivity contribution in [1.82, 2.24) is 20.5 Å². The van der Waals surface area contributed by atoms with Crippen LogP contribution in [0.1, 0.15) is 23.0 Å². The maximum Gasteiger partial charge on any atom is 0.272 e. The Morgan fingerprint density at radius 2 is 1.59 bits per heavy atom. The van der Waals surface area contributed by atoms with E-state index in [2.05, 4.69) is 31.1 Å². The molecule has 3 N–H and O–H groups in total. The summed E-state index contributed by atoms with van der Waals surface area (Å²) < 4.78 is 0. The highest BCUT2D eigenvalue weighted by Gasteiger charge is 2.08. The van der Waals surface area contributed by atoms with Crippen LogP contribution in [0, 0.1) is 0 Å². The third-order valence-electron chi connectivity index (χ3n) is 3.58. The lowest BCUT2D eigenvalue weighted by Crippen LogP contribution is -2.24. The van der Waals surface area contributed by atoms with Crippen molar-refractivity contribution >= 4 is 29.0 Å². The molecule has 0 spiro atoms. The molecule has 0 aliphatic heterocycles. The van der Waals surface area contributed by atoms with Crippen LogP contribution in [0.3, 0.4) is 0 Å². The quantitative estimate of drug-likeness (QED) is 0.622. The summed E-state index contributed by atoms with van der Waals surface area (Å²) in [6, 6.07) is 14.1. The van der Waals surface area contributed by atoms with Crippen molar-refractivity contribution in [3.8, 4) is 0 Å². The van der Waals surface area contributed by atoms with Crippen molar-refractivity contribution in [1.29, 1.82) is 0 Å². The van der Waals surface area contributed by atoms with Crippen LogP contribution in [-0.2, 0) is 11.3 Å². The molecule has 8 heteroatoms. The third kappa shape index (κ3) is 5.33. The highest BCUT2D eigenvalue weighted by atomic mass is 16.2.